The molecule has 3 amide bonds. The van der Waals surface area contributed by atoms with Crippen molar-refractivity contribution in [2.45, 2.75) is 31.3 Å². The van der Waals surface area contributed by atoms with E-state index in [-0.39, 0.29) is 18.0 Å². The first-order valence-electron chi connectivity index (χ1n) is 9.97. The predicted octanol–water partition coefficient (Wildman–Crippen LogP) is 4.46. The van der Waals surface area contributed by atoms with Crippen molar-refractivity contribution in [2.75, 3.05) is 13.2 Å². The molecule has 0 radical (unpaired) electrons. The van der Waals surface area contributed by atoms with Gasteiger partial charge in [-0.15, -0.1) is 11.3 Å². The SMILES string of the molecule is C[C@]1(c2ccc3ccccc3c2)NC(=O)N(CN2CCC[C@H]2c2cccs2)C1=O. The Hall–Kier alpha value is -2.70. The van der Waals surface area contributed by atoms with Gasteiger partial charge in [0.1, 0.15) is 5.54 Å². The number of rotatable bonds is 4. The minimum absolute atomic E-state index is 0.186. The summed E-state index contributed by atoms with van der Waals surface area (Å²) in [6, 6.07) is 18.1. The molecule has 5 nitrogen and oxygen atoms in total. The van der Waals surface area contributed by atoms with E-state index >= 15 is 0 Å². The van der Waals surface area contributed by atoms with Gasteiger partial charge in [-0.2, -0.15) is 0 Å². The van der Waals surface area contributed by atoms with Gasteiger partial charge in [0.15, 0.2) is 0 Å². The fraction of sp³-hybridized carbons (Fsp3) is 0.304. The number of urea groups is 1. The average molecular weight is 406 g/mol. The Balaban J connectivity index is 1.41. The average Bonchev–Trinajstić information content (AvgIpc) is 3.45. The van der Waals surface area contributed by atoms with Crippen LogP contribution in [0.1, 0.15) is 36.2 Å². The van der Waals surface area contributed by atoms with E-state index in [1.807, 2.05) is 42.5 Å². The van der Waals surface area contributed by atoms with Crippen molar-refractivity contribution in [3.63, 3.8) is 0 Å². The molecule has 2 saturated heterocycles. The third-order valence-corrected chi connectivity index (χ3v) is 7.13. The number of amides is 3. The highest BCUT2D eigenvalue weighted by Crippen LogP contribution is 2.36. The van der Waals surface area contributed by atoms with E-state index in [4.69, 9.17) is 0 Å². The lowest BCUT2D eigenvalue weighted by Gasteiger charge is -2.28. The molecule has 0 saturated carbocycles. The summed E-state index contributed by atoms with van der Waals surface area (Å²) in [5.41, 5.74) is -0.229. The lowest BCUT2D eigenvalue weighted by molar-refractivity contribution is -0.132. The molecule has 2 aliphatic heterocycles. The van der Waals surface area contributed by atoms with Crippen LogP contribution in [-0.4, -0.2) is 35.0 Å². The van der Waals surface area contributed by atoms with Crippen molar-refractivity contribution < 1.29 is 9.59 Å². The number of hydrogen-bond donors (Lipinski definition) is 1. The molecule has 1 aromatic heterocycles. The maximum absolute atomic E-state index is 13.4. The number of benzene rings is 2. The molecule has 6 heteroatoms. The number of likely N-dealkylation sites (tertiary alicyclic amines) is 1. The fourth-order valence-electron chi connectivity index (χ4n) is 4.50. The summed E-state index contributed by atoms with van der Waals surface area (Å²) < 4.78 is 0. The number of imide groups is 1. The van der Waals surface area contributed by atoms with Crippen LogP contribution in [0.2, 0.25) is 0 Å². The molecule has 2 fully saturated rings. The molecule has 2 aliphatic rings. The molecule has 3 aromatic rings. The molecule has 2 aromatic carbocycles. The monoisotopic (exact) mass is 405 g/mol. The number of fused-ring (bicyclic) bond motifs is 1. The minimum atomic E-state index is -1.04. The van der Waals surface area contributed by atoms with E-state index in [2.05, 4.69) is 27.7 Å². The van der Waals surface area contributed by atoms with E-state index in [0.29, 0.717) is 6.67 Å². The third kappa shape index (κ3) is 3.03. The van der Waals surface area contributed by atoms with Gasteiger partial charge in [0.25, 0.3) is 5.91 Å². The van der Waals surface area contributed by atoms with Gasteiger partial charge in [-0.25, -0.2) is 9.69 Å². The van der Waals surface area contributed by atoms with Crippen LogP contribution >= 0.6 is 11.3 Å². The summed E-state index contributed by atoms with van der Waals surface area (Å²) in [6.45, 7) is 3.03. The Morgan fingerprint density at radius 1 is 1.10 bits per heavy atom. The largest absolute Gasteiger partial charge is 0.326 e. The lowest BCUT2D eigenvalue weighted by Crippen LogP contribution is -2.43. The number of carbonyl (C=O) groups excluding carboxylic acids is 2. The fourth-order valence-corrected chi connectivity index (χ4v) is 5.40. The van der Waals surface area contributed by atoms with Crippen molar-refractivity contribution in [3.05, 3.63) is 70.4 Å². The maximum atomic E-state index is 13.4. The Labute approximate surface area is 173 Å². The van der Waals surface area contributed by atoms with E-state index in [9.17, 15) is 9.59 Å². The van der Waals surface area contributed by atoms with Gasteiger partial charge in [-0.1, -0.05) is 42.5 Å². The van der Waals surface area contributed by atoms with Gasteiger partial charge in [0.2, 0.25) is 0 Å². The second kappa shape index (κ2) is 6.97. The Morgan fingerprint density at radius 2 is 1.93 bits per heavy atom. The molecule has 1 N–H and O–H groups in total. The quantitative estimate of drug-likeness (QED) is 0.652. The van der Waals surface area contributed by atoms with Gasteiger partial charge in [0, 0.05) is 17.5 Å². The minimum Gasteiger partial charge on any atom is -0.319 e. The molecule has 0 spiro atoms. The molecule has 0 unspecified atom stereocenters. The van der Waals surface area contributed by atoms with Crippen molar-refractivity contribution >= 4 is 34.0 Å². The zero-order chi connectivity index (χ0) is 20.0. The van der Waals surface area contributed by atoms with E-state index in [0.717, 1.165) is 35.7 Å². The second-order valence-electron chi connectivity index (χ2n) is 7.98. The molecule has 5 rings (SSSR count). The summed E-state index contributed by atoms with van der Waals surface area (Å²) in [6.07, 6.45) is 2.14. The normalized spacial score (nSPS) is 25.1. The van der Waals surface area contributed by atoms with Gasteiger partial charge >= 0.3 is 6.03 Å². The van der Waals surface area contributed by atoms with Crippen LogP contribution in [0.15, 0.2) is 60.0 Å². The maximum Gasteiger partial charge on any atom is 0.326 e. The Kier molecular flexibility index (Phi) is 4.41. The van der Waals surface area contributed by atoms with Crippen LogP contribution in [-0.2, 0) is 10.3 Å². The first-order valence-corrected chi connectivity index (χ1v) is 10.8. The number of nitrogens with zero attached hydrogens (tertiary/aromatic N) is 2. The highest BCUT2D eigenvalue weighted by atomic mass is 32.1. The molecular formula is C23H23N3O2S. The number of carbonyl (C=O) groups is 2. The molecule has 0 aliphatic carbocycles. The molecule has 0 bridgehead atoms. The highest BCUT2D eigenvalue weighted by Gasteiger charge is 2.50. The standard InChI is InChI=1S/C23H23N3O2S/c1-23(18-11-10-16-6-2-3-7-17(16)14-18)21(27)26(22(28)24-23)15-25-12-4-8-19(25)20-9-5-13-29-20/h2-3,5-7,9-11,13-14,19H,4,8,12,15H2,1H3,(H,24,28)/t19-,23+/m0/s1. The predicted molar refractivity (Wildman–Crippen MR) is 115 cm³/mol. The topological polar surface area (TPSA) is 52.7 Å². The van der Waals surface area contributed by atoms with Crippen LogP contribution in [0.4, 0.5) is 4.79 Å². The van der Waals surface area contributed by atoms with Crippen LogP contribution in [0.5, 0.6) is 0 Å². The van der Waals surface area contributed by atoms with Crippen LogP contribution in [0.3, 0.4) is 0 Å². The lowest BCUT2D eigenvalue weighted by atomic mass is 9.90. The summed E-state index contributed by atoms with van der Waals surface area (Å²) >= 11 is 1.74. The molecule has 3 heterocycles. The summed E-state index contributed by atoms with van der Waals surface area (Å²) in [5.74, 6) is -0.186. The third-order valence-electron chi connectivity index (χ3n) is 6.16. The first-order chi connectivity index (χ1) is 14.1. The number of thiophene rings is 1. The molecule has 148 valence electrons. The second-order valence-corrected chi connectivity index (χ2v) is 8.96. The Morgan fingerprint density at radius 3 is 2.72 bits per heavy atom. The number of nitrogens with one attached hydrogen (secondary N) is 1. The smallest absolute Gasteiger partial charge is 0.319 e. The summed E-state index contributed by atoms with van der Waals surface area (Å²) in [4.78, 5) is 31.1. The van der Waals surface area contributed by atoms with Gasteiger partial charge in [-0.3, -0.25) is 9.69 Å². The molecular weight excluding hydrogens is 382 g/mol. The number of hydrogen-bond acceptors (Lipinski definition) is 4. The van der Waals surface area contributed by atoms with Crippen molar-refractivity contribution in [1.82, 2.24) is 15.1 Å². The first kappa shape index (κ1) is 18.3. The van der Waals surface area contributed by atoms with E-state index < -0.39 is 5.54 Å². The summed E-state index contributed by atoms with van der Waals surface area (Å²) in [7, 11) is 0. The van der Waals surface area contributed by atoms with E-state index in [1.54, 1.807) is 18.3 Å². The van der Waals surface area contributed by atoms with Gasteiger partial charge in [-0.05, 0) is 53.6 Å². The molecule has 2 atom stereocenters. The van der Waals surface area contributed by atoms with Crippen LogP contribution < -0.4 is 5.32 Å². The molecule has 29 heavy (non-hydrogen) atoms. The van der Waals surface area contributed by atoms with Crippen LogP contribution in [0.25, 0.3) is 10.8 Å². The van der Waals surface area contributed by atoms with Crippen LogP contribution in [0, 0.1) is 0 Å². The van der Waals surface area contributed by atoms with Crippen molar-refractivity contribution in [1.29, 1.82) is 0 Å². The highest BCUT2D eigenvalue weighted by molar-refractivity contribution is 7.10. The zero-order valence-electron chi connectivity index (χ0n) is 16.3. The van der Waals surface area contributed by atoms with Gasteiger partial charge in [0.05, 0.1) is 6.67 Å². The van der Waals surface area contributed by atoms with Gasteiger partial charge < -0.3 is 5.32 Å². The Bertz CT molecular complexity index is 1080. The van der Waals surface area contributed by atoms with Crippen molar-refractivity contribution in [2.24, 2.45) is 0 Å². The van der Waals surface area contributed by atoms with E-state index in [1.165, 1.54) is 9.78 Å². The zero-order valence-corrected chi connectivity index (χ0v) is 17.1. The van der Waals surface area contributed by atoms with Crippen molar-refractivity contribution in [3.8, 4) is 0 Å². The summed E-state index contributed by atoms with van der Waals surface area (Å²) in [5, 5.41) is 7.20.